The van der Waals surface area contributed by atoms with Crippen molar-refractivity contribution in [3.63, 3.8) is 0 Å². The average Bonchev–Trinajstić information content (AvgIpc) is 2.50. The van der Waals surface area contributed by atoms with Gasteiger partial charge in [0.1, 0.15) is 5.75 Å². The molecule has 104 valence electrons. The van der Waals surface area contributed by atoms with Crippen LogP contribution in [0.15, 0.2) is 48.5 Å². The summed E-state index contributed by atoms with van der Waals surface area (Å²) in [6, 6.07) is 17.4. The third-order valence-electron chi connectivity index (χ3n) is 3.89. The first-order valence-electron chi connectivity index (χ1n) is 7.44. The largest absolute Gasteiger partial charge is 0.492 e. The van der Waals surface area contributed by atoms with E-state index in [-0.39, 0.29) is 0 Å². The van der Waals surface area contributed by atoms with Gasteiger partial charge in [-0.2, -0.15) is 0 Å². The third-order valence-corrected chi connectivity index (χ3v) is 3.89. The summed E-state index contributed by atoms with van der Waals surface area (Å²) in [6.45, 7) is 2.71. The maximum Gasteiger partial charge on any atom is 0.142 e. The van der Waals surface area contributed by atoms with Crippen molar-refractivity contribution in [1.82, 2.24) is 0 Å². The van der Waals surface area contributed by atoms with E-state index in [1.54, 1.807) is 0 Å². The van der Waals surface area contributed by atoms with Gasteiger partial charge in [0, 0.05) is 0 Å². The molecule has 2 aromatic rings. The summed E-state index contributed by atoms with van der Waals surface area (Å²) in [6.07, 6.45) is 3.62. The van der Waals surface area contributed by atoms with Crippen molar-refractivity contribution < 1.29 is 4.74 Å². The molecule has 0 bridgehead atoms. The van der Waals surface area contributed by atoms with Crippen molar-refractivity contribution in [3.8, 4) is 5.75 Å². The lowest BCUT2D eigenvalue weighted by molar-refractivity contribution is 0.341. The van der Waals surface area contributed by atoms with E-state index in [1.165, 1.54) is 30.4 Å². The van der Waals surface area contributed by atoms with Crippen LogP contribution in [0.25, 0.3) is 0 Å². The Morgan fingerprint density at radius 2 is 1.90 bits per heavy atom. The first-order chi connectivity index (χ1) is 9.88. The van der Waals surface area contributed by atoms with Crippen molar-refractivity contribution in [2.24, 2.45) is 0 Å². The molecule has 3 rings (SSSR count). The molecule has 0 saturated carbocycles. The molecule has 2 heteroatoms. The summed E-state index contributed by atoms with van der Waals surface area (Å²) in [5.74, 6) is 0.943. The monoisotopic (exact) mass is 267 g/mol. The highest BCUT2D eigenvalue weighted by Crippen LogP contribution is 2.35. The molecule has 0 saturated heterocycles. The molecule has 1 aliphatic rings. The lowest BCUT2D eigenvalue weighted by atomic mass is 9.87. The van der Waals surface area contributed by atoms with Crippen LogP contribution in [0.4, 0.5) is 5.69 Å². The summed E-state index contributed by atoms with van der Waals surface area (Å²) >= 11 is 0. The number of hydrogen-bond donors (Lipinski definition) is 1. The quantitative estimate of drug-likeness (QED) is 0.875. The molecule has 0 aromatic heterocycles. The Hall–Kier alpha value is -1.96. The highest BCUT2D eigenvalue weighted by molar-refractivity contribution is 5.58. The Balaban J connectivity index is 1.86. The minimum atomic E-state index is 0.390. The van der Waals surface area contributed by atoms with Crippen LogP contribution in [-0.4, -0.2) is 6.61 Å². The van der Waals surface area contributed by atoms with Crippen LogP contribution in [0.2, 0.25) is 0 Å². The van der Waals surface area contributed by atoms with Gasteiger partial charge in [0.15, 0.2) is 0 Å². The van der Waals surface area contributed by atoms with E-state index < -0.39 is 0 Å². The zero-order chi connectivity index (χ0) is 13.8. The van der Waals surface area contributed by atoms with Crippen LogP contribution < -0.4 is 10.1 Å². The molecule has 1 atom stereocenters. The molecule has 1 aliphatic carbocycles. The Kier molecular flexibility index (Phi) is 3.91. The smallest absolute Gasteiger partial charge is 0.142 e. The second kappa shape index (κ2) is 6.00. The first-order valence-corrected chi connectivity index (χ1v) is 7.44. The lowest BCUT2D eigenvalue weighted by Crippen LogP contribution is -2.17. The van der Waals surface area contributed by atoms with Crippen molar-refractivity contribution in [1.29, 1.82) is 0 Å². The van der Waals surface area contributed by atoms with Gasteiger partial charge in [-0.05, 0) is 49.4 Å². The van der Waals surface area contributed by atoms with E-state index in [0.29, 0.717) is 12.6 Å². The summed E-state index contributed by atoms with van der Waals surface area (Å²) in [5, 5.41) is 3.67. The van der Waals surface area contributed by atoms with Gasteiger partial charge in [-0.3, -0.25) is 0 Å². The van der Waals surface area contributed by atoms with E-state index >= 15 is 0 Å². The molecular weight excluding hydrogens is 246 g/mol. The molecule has 0 spiro atoms. The van der Waals surface area contributed by atoms with Gasteiger partial charge in [-0.15, -0.1) is 0 Å². The summed E-state index contributed by atoms with van der Waals surface area (Å²) < 4.78 is 5.70. The van der Waals surface area contributed by atoms with Crippen LogP contribution in [-0.2, 0) is 6.42 Å². The molecule has 2 aromatic carbocycles. The second-order valence-corrected chi connectivity index (χ2v) is 5.22. The first kappa shape index (κ1) is 13.0. The van der Waals surface area contributed by atoms with Crippen molar-refractivity contribution in [2.75, 3.05) is 11.9 Å². The fourth-order valence-electron chi connectivity index (χ4n) is 2.96. The maximum atomic E-state index is 5.70. The normalized spacial score (nSPS) is 17.4. The van der Waals surface area contributed by atoms with Gasteiger partial charge < -0.3 is 10.1 Å². The fraction of sp³-hybridized carbons (Fsp3) is 0.333. The molecule has 1 unspecified atom stereocenters. The van der Waals surface area contributed by atoms with Crippen LogP contribution in [0.3, 0.4) is 0 Å². The molecule has 0 aliphatic heterocycles. The number of hydrogen-bond acceptors (Lipinski definition) is 2. The molecule has 0 radical (unpaired) electrons. The molecule has 2 nitrogen and oxygen atoms in total. The summed E-state index contributed by atoms with van der Waals surface area (Å²) in [5.41, 5.74) is 4.01. The molecule has 0 amide bonds. The van der Waals surface area contributed by atoms with Gasteiger partial charge >= 0.3 is 0 Å². The molecule has 0 fully saturated rings. The maximum absolute atomic E-state index is 5.70. The number of fused-ring (bicyclic) bond motifs is 1. The molecule has 0 heterocycles. The van der Waals surface area contributed by atoms with Gasteiger partial charge in [-0.1, -0.05) is 36.4 Å². The fourth-order valence-corrected chi connectivity index (χ4v) is 2.96. The van der Waals surface area contributed by atoms with E-state index in [9.17, 15) is 0 Å². The van der Waals surface area contributed by atoms with Crippen molar-refractivity contribution >= 4 is 5.69 Å². The Morgan fingerprint density at radius 1 is 1.10 bits per heavy atom. The zero-order valence-electron chi connectivity index (χ0n) is 11.9. The van der Waals surface area contributed by atoms with E-state index in [2.05, 4.69) is 41.7 Å². The number of rotatable bonds is 4. The van der Waals surface area contributed by atoms with Crippen molar-refractivity contribution in [2.45, 2.75) is 32.2 Å². The van der Waals surface area contributed by atoms with Gasteiger partial charge in [0.05, 0.1) is 18.3 Å². The van der Waals surface area contributed by atoms with Crippen LogP contribution in [0, 0.1) is 0 Å². The summed E-state index contributed by atoms with van der Waals surface area (Å²) in [7, 11) is 0. The Morgan fingerprint density at radius 3 is 2.80 bits per heavy atom. The van der Waals surface area contributed by atoms with Crippen LogP contribution >= 0.6 is 0 Å². The van der Waals surface area contributed by atoms with Crippen molar-refractivity contribution in [3.05, 3.63) is 59.7 Å². The minimum Gasteiger partial charge on any atom is -0.492 e. The van der Waals surface area contributed by atoms with Gasteiger partial charge in [0.25, 0.3) is 0 Å². The number of anilines is 1. The van der Waals surface area contributed by atoms with E-state index in [0.717, 1.165) is 11.4 Å². The predicted octanol–water partition coefficient (Wildman–Crippen LogP) is 4.57. The SMILES string of the molecule is CCOc1ccccc1NC1CCCc2ccccc21. The third kappa shape index (κ3) is 2.64. The van der Waals surface area contributed by atoms with E-state index in [4.69, 9.17) is 4.74 Å². The van der Waals surface area contributed by atoms with Crippen LogP contribution in [0.5, 0.6) is 5.75 Å². The van der Waals surface area contributed by atoms with Gasteiger partial charge in [-0.25, -0.2) is 0 Å². The van der Waals surface area contributed by atoms with Crippen LogP contribution in [0.1, 0.15) is 36.9 Å². The topological polar surface area (TPSA) is 21.3 Å². The molecule has 1 N–H and O–H groups in total. The standard InChI is InChI=1S/C18H21NO/c1-2-20-18-13-6-5-11-17(18)19-16-12-7-9-14-8-3-4-10-15(14)16/h3-6,8,10-11,13,16,19H,2,7,9,12H2,1H3. The molecule has 20 heavy (non-hydrogen) atoms. The number of para-hydroxylation sites is 2. The lowest BCUT2D eigenvalue weighted by Gasteiger charge is -2.28. The van der Waals surface area contributed by atoms with Gasteiger partial charge in [0.2, 0.25) is 0 Å². The average molecular weight is 267 g/mol. The summed E-state index contributed by atoms with van der Waals surface area (Å²) in [4.78, 5) is 0. The second-order valence-electron chi connectivity index (χ2n) is 5.22. The highest BCUT2D eigenvalue weighted by Gasteiger charge is 2.20. The number of ether oxygens (including phenoxy) is 1. The predicted molar refractivity (Wildman–Crippen MR) is 83.4 cm³/mol. The highest BCUT2D eigenvalue weighted by atomic mass is 16.5. The Bertz CT molecular complexity index is 579. The number of nitrogens with one attached hydrogen (secondary N) is 1. The zero-order valence-corrected chi connectivity index (χ0v) is 11.9. The van der Waals surface area contributed by atoms with E-state index in [1.807, 2.05) is 19.1 Å². The number of benzene rings is 2. The minimum absolute atomic E-state index is 0.390. The molecular formula is C18H21NO. The number of aryl methyl sites for hydroxylation is 1. The Labute approximate surface area is 120 Å².